The molecule has 0 bridgehead atoms. The molecule has 2 aliphatic rings. The minimum atomic E-state index is -0.216. The third-order valence-corrected chi connectivity index (χ3v) is 4.61. The van der Waals surface area contributed by atoms with Gasteiger partial charge in [0.25, 0.3) is 0 Å². The van der Waals surface area contributed by atoms with E-state index in [1.165, 1.54) is 17.8 Å². The maximum Gasteiger partial charge on any atom is 0.169 e. The van der Waals surface area contributed by atoms with Crippen LogP contribution in [-0.2, 0) is 0 Å². The van der Waals surface area contributed by atoms with Crippen LogP contribution in [0.2, 0.25) is 0 Å². The van der Waals surface area contributed by atoms with E-state index in [0.717, 1.165) is 28.9 Å². The lowest BCUT2D eigenvalue weighted by molar-refractivity contribution is -0.540. The highest BCUT2D eigenvalue weighted by atomic mass is 127. The van der Waals surface area contributed by atoms with Gasteiger partial charge in [0.2, 0.25) is 0 Å². The highest BCUT2D eigenvalue weighted by Crippen LogP contribution is 2.37. The van der Waals surface area contributed by atoms with Gasteiger partial charge < -0.3 is 34.6 Å². The van der Waals surface area contributed by atoms with E-state index in [4.69, 9.17) is 0 Å². The number of hydrogen-bond acceptors (Lipinski definition) is 2. The molecule has 0 saturated carbocycles. The van der Waals surface area contributed by atoms with Crippen molar-refractivity contribution < 1.29 is 33.4 Å². The molecule has 2 aromatic rings. The van der Waals surface area contributed by atoms with Gasteiger partial charge in [-0.1, -0.05) is 24.3 Å². The zero-order valence-electron chi connectivity index (χ0n) is 14.2. The molecule has 1 atom stereocenters. The van der Waals surface area contributed by atoms with Gasteiger partial charge in [0.15, 0.2) is 11.8 Å². The molecule has 1 unspecified atom stereocenters. The largest absolute Gasteiger partial charge is 1.00 e. The number of nitrogens with one attached hydrogen (secondary N) is 3. The molecule has 2 aliphatic heterocycles. The first-order valence-electron chi connectivity index (χ1n) is 8.24. The fourth-order valence-corrected chi connectivity index (χ4v) is 3.36. The van der Waals surface area contributed by atoms with Crippen molar-refractivity contribution in [3.63, 3.8) is 0 Å². The Hall–Kier alpha value is -1.89. The smallest absolute Gasteiger partial charge is 0.169 e. The summed E-state index contributed by atoms with van der Waals surface area (Å²) in [4.78, 5) is 3.49. The Kier molecular flexibility index (Phi) is 4.86. The second-order valence-corrected chi connectivity index (χ2v) is 7.08. The minimum Gasteiger partial charge on any atom is -1.00 e. The number of rotatable bonds is 1. The first kappa shape index (κ1) is 17.9. The molecular weight excluding hydrogens is 428 g/mol. The second-order valence-electron chi connectivity index (χ2n) is 7.08. The van der Waals surface area contributed by atoms with E-state index in [1.54, 1.807) is 0 Å². The summed E-state index contributed by atoms with van der Waals surface area (Å²) in [5, 5.41) is 7.21. The zero-order valence-corrected chi connectivity index (χ0v) is 16.4. The lowest BCUT2D eigenvalue weighted by Gasteiger charge is -2.25. The van der Waals surface area contributed by atoms with Gasteiger partial charge in [-0.05, 0) is 29.8 Å². The third-order valence-electron chi connectivity index (χ3n) is 4.61. The highest BCUT2D eigenvalue weighted by molar-refractivity contribution is 5.85. The highest BCUT2D eigenvalue weighted by Gasteiger charge is 2.35. The van der Waals surface area contributed by atoms with Crippen molar-refractivity contribution in [2.45, 2.75) is 31.8 Å². The normalized spacial score (nSPS) is 20.4. The van der Waals surface area contributed by atoms with Gasteiger partial charge in [0.05, 0.1) is 29.4 Å². The van der Waals surface area contributed by atoms with E-state index >= 15 is 0 Å². The van der Waals surface area contributed by atoms with Crippen LogP contribution in [0.1, 0.15) is 31.9 Å². The molecule has 0 aliphatic carbocycles. The molecule has 5 heteroatoms. The van der Waals surface area contributed by atoms with Crippen LogP contribution >= 0.6 is 0 Å². The van der Waals surface area contributed by atoms with E-state index in [-0.39, 0.29) is 41.4 Å². The number of para-hydroxylation sites is 2. The Bertz CT molecular complexity index is 840. The summed E-state index contributed by atoms with van der Waals surface area (Å²) in [6, 6.07) is 14.9. The Labute approximate surface area is 164 Å². The molecular formula is C20H21FIN3. The Balaban J connectivity index is 0.00000182. The van der Waals surface area contributed by atoms with Crippen molar-refractivity contribution >= 4 is 17.6 Å². The van der Waals surface area contributed by atoms with Crippen LogP contribution in [0.3, 0.4) is 0 Å². The molecule has 0 spiro atoms. The molecule has 2 aromatic carbocycles. The zero-order chi connectivity index (χ0) is 16.7. The first-order chi connectivity index (χ1) is 11.5. The van der Waals surface area contributed by atoms with Crippen LogP contribution in [0.5, 0.6) is 0 Å². The molecule has 0 fully saturated rings. The first-order valence-corrected chi connectivity index (χ1v) is 8.24. The number of benzene rings is 2. The Morgan fingerprint density at radius 3 is 2.44 bits per heavy atom. The fourth-order valence-electron chi connectivity index (χ4n) is 3.36. The van der Waals surface area contributed by atoms with Crippen molar-refractivity contribution in [3.8, 4) is 0 Å². The number of hydrogen-bond donors (Lipinski definition) is 3. The van der Waals surface area contributed by atoms with E-state index in [2.05, 4.69) is 47.8 Å². The Morgan fingerprint density at radius 1 is 1.04 bits per heavy atom. The standard InChI is InChI=1S/C20H20FN3.HI/c1-20(2)11-18-15(12-22-20)19(13-7-9-14(21)10-8-13)24-17-6-4-3-5-16(17)23-18;/h3-10,12,19,23-24H,11H2,1-2H3;1H. The Morgan fingerprint density at radius 2 is 1.72 bits per heavy atom. The molecule has 0 saturated heterocycles. The predicted octanol–water partition coefficient (Wildman–Crippen LogP) is -0.00380. The fraction of sp³-hybridized carbons (Fsp3) is 0.250. The van der Waals surface area contributed by atoms with Crippen LogP contribution in [0.15, 0.2) is 59.8 Å². The second kappa shape index (κ2) is 6.78. The molecule has 0 aromatic heterocycles. The maximum atomic E-state index is 13.3. The SMILES string of the molecule is CC1(C)CC2=C(C=[NH+]1)C(c1ccc(F)cc1)Nc1ccccc1N2.[I-]. The summed E-state index contributed by atoms with van der Waals surface area (Å²) in [6.07, 6.45) is 2.98. The molecule has 3 N–H and O–H groups in total. The minimum absolute atomic E-state index is 0. The van der Waals surface area contributed by atoms with Gasteiger partial charge in [-0.25, -0.2) is 9.38 Å². The molecule has 25 heavy (non-hydrogen) atoms. The number of fused-ring (bicyclic) bond motifs is 1. The summed E-state index contributed by atoms with van der Waals surface area (Å²) in [6.45, 7) is 4.37. The third kappa shape index (κ3) is 3.56. The van der Waals surface area contributed by atoms with E-state index in [1.807, 2.05) is 24.3 Å². The average Bonchev–Trinajstić information content (AvgIpc) is 2.70. The molecule has 4 rings (SSSR count). The van der Waals surface area contributed by atoms with Crippen molar-refractivity contribution in [2.75, 3.05) is 10.6 Å². The van der Waals surface area contributed by atoms with Crippen molar-refractivity contribution in [1.29, 1.82) is 0 Å². The van der Waals surface area contributed by atoms with Gasteiger partial charge in [0.1, 0.15) is 5.82 Å². The van der Waals surface area contributed by atoms with Crippen molar-refractivity contribution in [2.24, 2.45) is 0 Å². The molecule has 2 heterocycles. The maximum absolute atomic E-state index is 13.3. The van der Waals surface area contributed by atoms with E-state index < -0.39 is 0 Å². The molecule has 0 radical (unpaired) electrons. The summed E-state index contributed by atoms with van der Waals surface area (Å²) in [5.74, 6) is -0.216. The van der Waals surface area contributed by atoms with E-state index in [9.17, 15) is 4.39 Å². The molecule has 0 amide bonds. The van der Waals surface area contributed by atoms with Crippen molar-refractivity contribution in [3.05, 3.63) is 71.2 Å². The van der Waals surface area contributed by atoms with Crippen LogP contribution in [0.4, 0.5) is 15.8 Å². The quantitative estimate of drug-likeness (QED) is 0.537. The summed E-state index contributed by atoms with van der Waals surface area (Å²) in [5.41, 5.74) is 5.52. The molecule has 130 valence electrons. The summed E-state index contributed by atoms with van der Waals surface area (Å²) in [7, 11) is 0. The molecule has 3 nitrogen and oxygen atoms in total. The lowest BCUT2D eigenvalue weighted by atomic mass is 9.89. The van der Waals surface area contributed by atoms with Gasteiger partial charge in [-0.2, -0.15) is 0 Å². The number of anilines is 2. The van der Waals surface area contributed by atoms with Crippen LogP contribution < -0.4 is 39.6 Å². The van der Waals surface area contributed by atoms with Gasteiger partial charge >= 0.3 is 0 Å². The van der Waals surface area contributed by atoms with E-state index in [0.29, 0.717) is 0 Å². The monoisotopic (exact) mass is 449 g/mol. The predicted molar refractivity (Wildman–Crippen MR) is 95.6 cm³/mol. The van der Waals surface area contributed by atoms with Gasteiger partial charge in [-0.15, -0.1) is 0 Å². The van der Waals surface area contributed by atoms with Crippen LogP contribution in [-0.4, -0.2) is 11.8 Å². The topological polar surface area (TPSA) is 38.0 Å². The van der Waals surface area contributed by atoms with Gasteiger partial charge in [0, 0.05) is 19.5 Å². The lowest BCUT2D eigenvalue weighted by Crippen LogP contribution is -3.00. The van der Waals surface area contributed by atoms with Crippen molar-refractivity contribution in [1.82, 2.24) is 0 Å². The van der Waals surface area contributed by atoms with Crippen LogP contribution in [0.25, 0.3) is 0 Å². The van der Waals surface area contributed by atoms with Gasteiger partial charge in [-0.3, -0.25) is 0 Å². The summed E-state index contributed by atoms with van der Waals surface area (Å²) >= 11 is 0. The summed E-state index contributed by atoms with van der Waals surface area (Å²) < 4.78 is 13.3. The van der Waals surface area contributed by atoms with Crippen LogP contribution in [0, 0.1) is 5.82 Å². The number of halogens is 2. The average molecular weight is 449 g/mol.